The predicted molar refractivity (Wildman–Crippen MR) is 140 cm³/mol. The van der Waals surface area contributed by atoms with Crippen molar-refractivity contribution >= 4 is 28.3 Å². The summed E-state index contributed by atoms with van der Waals surface area (Å²) in [7, 11) is 0. The number of H-pyrrole nitrogens is 1. The van der Waals surface area contributed by atoms with Crippen LogP contribution in [-0.4, -0.2) is 59.6 Å². The molecule has 1 fully saturated rings. The lowest BCUT2D eigenvalue weighted by molar-refractivity contribution is 0.0342. The fraction of sp³-hybridized carbons (Fsp3) is 0.241. The molecule has 1 aliphatic heterocycles. The van der Waals surface area contributed by atoms with E-state index in [9.17, 15) is 9.90 Å². The van der Waals surface area contributed by atoms with E-state index in [2.05, 4.69) is 22.0 Å². The van der Waals surface area contributed by atoms with E-state index in [0.717, 1.165) is 49.5 Å². The molecule has 0 unspecified atom stereocenters. The van der Waals surface area contributed by atoms with Crippen LogP contribution in [-0.2, 0) is 16.0 Å². The third-order valence-corrected chi connectivity index (χ3v) is 6.26. The number of fused-ring (bicyclic) bond motifs is 1. The number of esters is 1. The van der Waals surface area contributed by atoms with Crippen molar-refractivity contribution in [2.75, 3.05) is 32.9 Å². The van der Waals surface area contributed by atoms with Crippen molar-refractivity contribution in [1.29, 1.82) is 0 Å². The van der Waals surface area contributed by atoms with Crippen LogP contribution >= 0.6 is 0 Å². The van der Waals surface area contributed by atoms with Crippen LogP contribution in [0.1, 0.15) is 34.0 Å². The van der Waals surface area contributed by atoms with E-state index >= 15 is 0 Å². The Bertz CT molecular complexity index is 1370. The fourth-order valence-corrected chi connectivity index (χ4v) is 4.45. The molecule has 1 aliphatic rings. The molecule has 2 N–H and O–H groups in total. The highest BCUT2D eigenvalue weighted by atomic mass is 16.5. The average molecular weight is 484 g/mol. The van der Waals surface area contributed by atoms with Gasteiger partial charge in [-0.05, 0) is 36.8 Å². The van der Waals surface area contributed by atoms with Gasteiger partial charge in [-0.3, -0.25) is 4.90 Å². The first kappa shape index (κ1) is 23.8. The van der Waals surface area contributed by atoms with Crippen LogP contribution in [0.15, 0.2) is 77.8 Å². The zero-order valence-electron chi connectivity index (χ0n) is 20.2. The van der Waals surface area contributed by atoms with Crippen molar-refractivity contribution in [3.8, 4) is 5.88 Å². The molecule has 0 bridgehead atoms. The molecule has 7 nitrogen and oxygen atoms in total. The number of ether oxygens (including phenoxy) is 2. The summed E-state index contributed by atoms with van der Waals surface area (Å²) in [5.74, 6) is -0.401. The Morgan fingerprint density at radius 2 is 1.78 bits per heavy atom. The van der Waals surface area contributed by atoms with Gasteiger partial charge in [-0.25, -0.2) is 9.79 Å². The Hall–Kier alpha value is -3.94. The average Bonchev–Trinajstić information content (AvgIpc) is 3.24. The van der Waals surface area contributed by atoms with Crippen LogP contribution in [0.3, 0.4) is 0 Å². The van der Waals surface area contributed by atoms with E-state index in [-0.39, 0.29) is 5.88 Å². The number of benzene rings is 3. The second-order valence-corrected chi connectivity index (χ2v) is 8.71. The molecule has 4 aromatic rings. The summed E-state index contributed by atoms with van der Waals surface area (Å²) in [6, 6.07) is 23.2. The van der Waals surface area contributed by atoms with Crippen LogP contribution < -0.4 is 0 Å². The highest BCUT2D eigenvalue weighted by Gasteiger charge is 2.20. The molecule has 0 saturated carbocycles. The smallest absolute Gasteiger partial charge is 0.338 e. The molecule has 1 aromatic heterocycles. The number of aliphatic imine (C=N–C) groups is 1. The largest absolute Gasteiger partial charge is 0.494 e. The lowest BCUT2D eigenvalue weighted by Crippen LogP contribution is -2.35. The Labute approximate surface area is 210 Å². The molecular weight excluding hydrogens is 454 g/mol. The Morgan fingerprint density at radius 3 is 2.50 bits per heavy atom. The number of nitrogens with zero attached hydrogens (tertiary/aromatic N) is 2. The Balaban J connectivity index is 1.52. The number of nitrogens with one attached hydrogen (secondary N) is 1. The highest BCUT2D eigenvalue weighted by molar-refractivity contribution is 6.22. The molecule has 0 atom stereocenters. The van der Waals surface area contributed by atoms with E-state index < -0.39 is 5.97 Å². The first-order valence-electron chi connectivity index (χ1n) is 12.2. The highest BCUT2D eigenvalue weighted by Crippen LogP contribution is 2.32. The van der Waals surface area contributed by atoms with E-state index in [4.69, 9.17) is 14.5 Å². The second-order valence-electron chi connectivity index (χ2n) is 8.71. The molecule has 0 aliphatic carbocycles. The normalized spacial score (nSPS) is 14.8. The zero-order chi connectivity index (χ0) is 24.9. The number of hydrogen-bond acceptors (Lipinski definition) is 6. The van der Waals surface area contributed by atoms with Crippen molar-refractivity contribution in [3.63, 3.8) is 0 Å². The Kier molecular flexibility index (Phi) is 7.11. The van der Waals surface area contributed by atoms with E-state index in [1.807, 2.05) is 48.5 Å². The monoisotopic (exact) mass is 483 g/mol. The summed E-state index contributed by atoms with van der Waals surface area (Å²) >= 11 is 0. The summed E-state index contributed by atoms with van der Waals surface area (Å²) in [6.07, 6.45) is 0. The molecule has 36 heavy (non-hydrogen) atoms. The molecule has 7 heteroatoms. The second kappa shape index (κ2) is 10.8. The van der Waals surface area contributed by atoms with Crippen molar-refractivity contribution in [1.82, 2.24) is 9.88 Å². The lowest BCUT2D eigenvalue weighted by atomic mass is 10.00. The number of carbonyl (C=O) groups is 1. The molecule has 0 spiro atoms. The minimum atomic E-state index is -0.399. The summed E-state index contributed by atoms with van der Waals surface area (Å²) < 4.78 is 10.6. The van der Waals surface area contributed by atoms with Crippen LogP contribution in [0.4, 0.5) is 5.69 Å². The molecule has 0 amide bonds. The van der Waals surface area contributed by atoms with Crippen LogP contribution in [0, 0.1) is 0 Å². The summed E-state index contributed by atoms with van der Waals surface area (Å²) in [4.78, 5) is 22.6. The van der Waals surface area contributed by atoms with Crippen LogP contribution in [0.5, 0.6) is 5.88 Å². The van der Waals surface area contributed by atoms with Gasteiger partial charge < -0.3 is 19.6 Å². The molecule has 0 radical (unpaired) electrons. The van der Waals surface area contributed by atoms with Gasteiger partial charge in [0.1, 0.15) is 0 Å². The van der Waals surface area contributed by atoms with Gasteiger partial charge in [0.15, 0.2) is 5.88 Å². The SMILES string of the molecule is CCOC(=O)c1ccc2c(C(=Nc3ccc(CN4CCOCC4)cc3)c3ccccc3)c(O)[nH]c2c1. The molecule has 1 saturated heterocycles. The number of rotatable bonds is 7. The van der Waals surface area contributed by atoms with Crippen molar-refractivity contribution in [2.24, 2.45) is 4.99 Å². The summed E-state index contributed by atoms with van der Waals surface area (Å²) in [5.41, 5.74) is 5.17. The van der Waals surface area contributed by atoms with Crippen LogP contribution in [0.25, 0.3) is 10.9 Å². The maximum absolute atomic E-state index is 12.2. The minimum absolute atomic E-state index is 0.00227. The number of hydrogen-bond donors (Lipinski definition) is 2. The summed E-state index contributed by atoms with van der Waals surface area (Å²) in [5, 5.41) is 11.7. The molecular formula is C29H29N3O4. The van der Waals surface area contributed by atoms with Crippen molar-refractivity contribution < 1.29 is 19.4 Å². The van der Waals surface area contributed by atoms with Gasteiger partial charge in [-0.15, -0.1) is 0 Å². The summed E-state index contributed by atoms with van der Waals surface area (Å²) in [6.45, 7) is 6.38. The van der Waals surface area contributed by atoms with Gasteiger partial charge in [0, 0.05) is 36.1 Å². The first-order chi connectivity index (χ1) is 17.6. The maximum atomic E-state index is 12.2. The van der Waals surface area contributed by atoms with E-state index in [1.54, 1.807) is 19.1 Å². The minimum Gasteiger partial charge on any atom is -0.494 e. The molecule has 2 heterocycles. The lowest BCUT2D eigenvalue weighted by Gasteiger charge is -2.26. The number of carbonyl (C=O) groups excluding carboxylic acids is 1. The number of aromatic amines is 1. The molecule has 5 rings (SSSR count). The zero-order valence-corrected chi connectivity index (χ0v) is 20.2. The maximum Gasteiger partial charge on any atom is 0.338 e. The third-order valence-electron chi connectivity index (χ3n) is 6.26. The third kappa shape index (κ3) is 5.17. The standard InChI is InChI=1S/C29H29N3O4/c1-2-36-29(34)22-10-13-24-25(18-22)31-28(33)26(24)27(21-6-4-3-5-7-21)30-23-11-8-20(9-12-23)19-32-14-16-35-17-15-32/h3-13,18,31,33H,2,14-17,19H2,1H3. The quantitative estimate of drug-likeness (QED) is 0.284. The number of morpholine rings is 1. The molecule has 184 valence electrons. The Morgan fingerprint density at radius 1 is 1.03 bits per heavy atom. The van der Waals surface area contributed by atoms with Gasteiger partial charge in [0.05, 0.1) is 42.3 Å². The number of aromatic nitrogens is 1. The molecule has 3 aromatic carbocycles. The topological polar surface area (TPSA) is 87.2 Å². The van der Waals surface area contributed by atoms with Gasteiger partial charge in [0.25, 0.3) is 0 Å². The van der Waals surface area contributed by atoms with Gasteiger partial charge in [-0.1, -0.05) is 48.5 Å². The van der Waals surface area contributed by atoms with E-state index in [1.165, 1.54) is 5.56 Å². The van der Waals surface area contributed by atoms with Gasteiger partial charge in [-0.2, -0.15) is 0 Å². The van der Waals surface area contributed by atoms with Crippen molar-refractivity contribution in [2.45, 2.75) is 13.5 Å². The van der Waals surface area contributed by atoms with Gasteiger partial charge in [0.2, 0.25) is 0 Å². The fourth-order valence-electron chi connectivity index (χ4n) is 4.45. The predicted octanol–water partition coefficient (Wildman–Crippen LogP) is 5.05. The van der Waals surface area contributed by atoms with Crippen molar-refractivity contribution in [3.05, 3.63) is 95.1 Å². The van der Waals surface area contributed by atoms with Gasteiger partial charge >= 0.3 is 5.97 Å². The van der Waals surface area contributed by atoms with Crippen LogP contribution in [0.2, 0.25) is 0 Å². The first-order valence-corrected chi connectivity index (χ1v) is 12.2. The number of aromatic hydroxyl groups is 1. The van der Waals surface area contributed by atoms with E-state index in [0.29, 0.717) is 29.0 Å².